The maximum Gasteiger partial charge on any atom is 0.148 e. The van der Waals surface area contributed by atoms with Gasteiger partial charge in [0, 0.05) is 18.3 Å². The summed E-state index contributed by atoms with van der Waals surface area (Å²) in [6.07, 6.45) is 9.11. The van der Waals surface area contributed by atoms with Crippen LogP contribution in [0.2, 0.25) is 0 Å². The number of nitrogens with one attached hydrogen (secondary N) is 1. The Labute approximate surface area is 159 Å². The van der Waals surface area contributed by atoms with Crippen molar-refractivity contribution in [2.45, 2.75) is 32.6 Å². The third kappa shape index (κ3) is 3.94. The lowest BCUT2D eigenvalue weighted by molar-refractivity contribution is 0.413. The van der Waals surface area contributed by atoms with Gasteiger partial charge in [-0.15, -0.1) is 10.2 Å². The number of aryl methyl sites for hydroxylation is 1. The van der Waals surface area contributed by atoms with E-state index in [2.05, 4.69) is 20.5 Å². The van der Waals surface area contributed by atoms with Gasteiger partial charge in [-0.3, -0.25) is 0 Å². The second kappa shape index (κ2) is 7.78. The number of aromatic nitrogens is 4. The van der Waals surface area contributed by atoms with E-state index in [9.17, 15) is 0 Å². The van der Waals surface area contributed by atoms with Crippen LogP contribution in [0.4, 0.5) is 5.82 Å². The number of anilines is 1. The molecule has 1 N–H and O–H groups in total. The molecule has 6 heteroatoms. The Morgan fingerprint density at radius 2 is 2.00 bits per heavy atom. The van der Waals surface area contributed by atoms with Gasteiger partial charge in [0.15, 0.2) is 0 Å². The first-order chi connectivity index (χ1) is 13.2. The summed E-state index contributed by atoms with van der Waals surface area (Å²) in [6.45, 7) is 2.95. The maximum atomic E-state index is 5.58. The van der Waals surface area contributed by atoms with Gasteiger partial charge in [0.1, 0.15) is 11.6 Å². The van der Waals surface area contributed by atoms with E-state index < -0.39 is 0 Å². The molecule has 1 aliphatic rings. The molecule has 0 aliphatic heterocycles. The van der Waals surface area contributed by atoms with Crippen molar-refractivity contribution in [2.75, 3.05) is 19.0 Å². The van der Waals surface area contributed by atoms with Crippen molar-refractivity contribution in [3.05, 3.63) is 48.5 Å². The average molecular weight is 363 g/mol. The van der Waals surface area contributed by atoms with Crippen LogP contribution in [0.1, 0.15) is 31.4 Å². The summed E-state index contributed by atoms with van der Waals surface area (Å²) in [7, 11) is 1.67. The van der Waals surface area contributed by atoms with Crippen molar-refractivity contribution in [1.82, 2.24) is 19.7 Å². The van der Waals surface area contributed by atoms with Crippen molar-refractivity contribution < 1.29 is 4.74 Å². The molecule has 2 aromatic heterocycles. The van der Waals surface area contributed by atoms with Gasteiger partial charge >= 0.3 is 0 Å². The van der Waals surface area contributed by atoms with E-state index in [0.29, 0.717) is 0 Å². The molecular formula is C21H25N5O. The number of rotatable bonds is 6. The molecule has 140 valence electrons. The van der Waals surface area contributed by atoms with Crippen molar-refractivity contribution in [1.29, 1.82) is 0 Å². The number of imidazole rings is 1. The molecule has 27 heavy (non-hydrogen) atoms. The fourth-order valence-corrected chi connectivity index (χ4v) is 3.65. The minimum absolute atomic E-state index is 0.773. The monoisotopic (exact) mass is 363 g/mol. The third-order valence-corrected chi connectivity index (χ3v) is 5.18. The second-order valence-corrected chi connectivity index (χ2v) is 7.14. The topological polar surface area (TPSA) is 64.9 Å². The van der Waals surface area contributed by atoms with E-state index in [1.807, 2.05) is 48.0 Å². The van der Waals surface area contributed by atoms with Crippen LogP contribution in [0.25, 0.3) is 16.9 Å². The SMILES string of the molecule is COc1cc(-c2ccc(NCC3CCCC3)nn2)ccc1-n1cnc(C)c1. The zero-order chi connectivity index (χ0) is 18.6. The van der Waals surface area contributed by atoms with E-state index >= 15 is 0 Å². The van der Waals surface area contributed by atoms with Gasteiger partial charge in [0.25, 0.3) is 0 Å². The highest BCUT2D eigenvalue weighted by molar-refractivity contribution is 5.65. The van der Waals surface area contributed by atoms with E-state index in [-0.39, 0.29) is 0 Å². The fourth-order valence-electron chi connectivity index (χ4n) is 3.65. The van der Waals surface area contributed by atoms with E-state index in [1.165, 1.54) is 25.7 Å². The van der Waals surface area contributed by atoms with Crippen LogP contribution >= 0.6 is 0 Å². The highest BCUT2D eigenvalue weighted by atomic mass is 16.5. The molecule has 1 saturated carbocycles. The largest absolute Gasteiger partial charge is 0.495 e. The Morgan fingerprint density at radius 1 is 1.15 bits per heavy atom. The van der Waals surface area contributed by atoms with Crippen LogP contribution in [0.5, 0.6) is 5.75 Å². The molecule has 4 rings (SSSR count). The lowest BCUT2D eigenvalue weighted by Crippen LogP contribution is -2.12. The third-order valence-electron chi connectivity index (χ3n) is 5.18. The summed E-state index contributed by atoms with van der Waals surface area (Å²) in [6, 6.07) is 10.0. The van der Waals surface area contributed by atoms with Crippen LogP contribution < -0.4 is 10.1 Å². The standard InChI is InChI=1S/C21H25N5O/c1-15-13-26(14-23-15)19-9-7-17(11-20(19)27-2)18-8-10-21(25-24-18)22-12-16-5-3-4-6-16/h7-11,13-14,16H,3-6,12H2,1-2H3,(H,22,25). The summed E-state index contributed by atoms with van der Waals surface area (Å²) < 4.78 is 7.54. The summed E-state index contributed by atoms with van der Waals surface area (Å²) in [5, 5.41) is 12.1. The second-order valence-electron chi connectivity index (χ2n) is 7.14. The van der Waals surface area contributed by atoms with Gasteiger partial charge in [-0.1, -0.05) is 18.9 Å². The predicted octanol–water partition coefficient (Wildman–Crippen LogP) is 4.25. The molecule has 1 aromatic carbocycles. The summed E-state index contributed by atoms with van der Waals surface area (Å²) in [5.74, 6) is 2.38. The van der Waals surface area contributed by atoms with Gasteiger partial charge in [-0.25, -0.2) is 4.98 Å². The van der Waals surface area contributed by atoms with Gasteiger partial charge < -0.3 is 14.6 Å². The Morgan fingerprint density at radius 3 is 2.67 bits per heavy atom. The number of hydrogen-bond acceptors (Lipinski definition) is 5. The van der Waals surface area contributed by atoms with Crippen molar-refractivity contribution in [3.63, 3.8) is 0 Å². The van der Waals surface area contributed by atoms with Gasteiger partial charge in [-0.2, -0.15) is 0 Å². The molecule has 0 spiro atoms. The zero-order valence-corrected chi connectivity index (χ0v) is 15.9. The number of methoxy groups -OCH3 is 1. The molecule has 0 radical (unpaired) electrons. The predicted molar refractivity (Wildman–Crippen MR) is 106 cm³/mol. The molecular weight excluding hydrogens is 338 g/mol. The summed E-state index contributed by atoms with van der Waals surface area (Å²) in [5.41, 5.74) is 3.72. The van der Waals surface area contributed by atoms with Crippen molar-refractivity contribution >= 4 is 5.82 Å². The van der Waals surface area contributed by atoms with Crippen molar-refractivity contribution in [2.24, 2.45) is 5.92 Å². The van der Waals surface area contributed by atoms with E-state index in [1.54, 1.807) is 13.4 Å². The van der Waals surface area contributed by atoms with Gasteiger partial charge in [0.05, 0.1) is 30.5 Å². The van der Waals surface area contributed by atoms with E-state index in [4.69, 9.17) is 4.74 Å². The minimum Gasteiger partial charge on any atom is -0.495 e. The van der Waals surface area contributed by atoms with Gasteiger partial charge in [0.2, 0.25) is 0 Å². The Bertz CT molecular complexity index is 897. The minimum atomic E-state index is 0.773. The Kier molecular flexibility index (Phi) is 5.05. The number of ether oxygens (including phenoxy) is 1. The average Bonchev–Trinajstić information content (AvgIpc) is 3.38. The Balaban J connectivity index is 1.50. The smallest absolute Gasteiger partial charge is 0.148 e. The summed E-state index contributed by atoms with van der Waals surface area (Å²) >= 11 is 0. The summed E-state index contributed by atoms with van der Waals surface area (Å²) in [4.78, 5) is 4.28. The molecule has 1 aliphatic carbocycles. The highest BCUT2D eigenvalue weighted by Crippen LogP contribution is 2.29. The fraction of sp³-hybridized carbons (Fsp3) is 0.381. The number of benzene rings is 1. The first-order valence-electron chi connectivity index (χ1n) is 9.50. The molecule has 6 nitrogen and oxygen atoms in total. The molecule has 0 saturated heterocycles. The van der Waals surface area contributed by atoms with Crippen LogP contribution in [0.3, 0.4) is 0 Å². The quantitative estimate of drug-likeness (QED) is 0.709. The van der Waals surface area contributed by atoms with Crippen molar-refractivity contribution in [3.8, 4) is 22.7 Å². The van der Waals surface area contributed by atoms with E-state index in [0.717, 1.165) is 46.7 Å². The normalized spacial score (nSPS) is 14.4. The van der Waals surface area contributed by atoms with Crippen LogP contribution in [-0.2, 0) is 0 Å². The van der Waals surface area contributed by atoms with Crippen LogP contribution in [0.15, 0.2) is 42.9 Å². The Hall–Kier alpha value is -2.89. The lowest BCUT2D eigenvalue weighted by atomic mass is 10.1. The highest BCUT2D eigenvalue weighted by Gasteiger charge is 2.15. The maximum absolute atomic E-state index is 5.58. The number of nitrogens with zero attached hydrogens (tertiary/aromatic N) is 4. The zero-order valence-electron chi connectivity index (χ0n) is 15.9. The van der Waals surface area contributed by atoms with Crippen LogP contribution in [-0.4, -0.2) is 33.4 Å². The first kappa shape index (κ1) is 17.5. The molecule has 3 aromatic rings. The molecule has 0 amide bonds. The van der Waals surface area contributed by atoms with Crippen LogP contribution in [0, 0.1) is 12.8 Å². The van der Waals surface area contributed by atoms with Gasteiger partial charge in [-0.05, 0) is 49.9 Å². The lowest BCUT2D eigenvalue weighted by Gasteiger charge is -2.12. The molecule has 0 unspecified atom stereocenters. The first-order valence-corrected chi connectivity index (χ1v) is 9.50. The molecule has 2 heterocycles. The number of hydrogen-bond donors (Lipinski definition) is 1. The molecule has 0 bridgehead atoms. The molecule has 1 fully saturated rings. The molecule has 0 atom stereocenters.